The summed E-state index contributed by atoms with van der Waals surface area (Å²) in [5.41, 5.74) is 6.69. The Morgan fingerprint density at radius 2 is 2.10 bits per heavy atom. The van der Waals surface area contributed by atoms with Gasteiger partial charge in [-0.3, -0.25) is 4.90 Å². The Morgan fingerprint density at radius 1 is 1.45 bits per heavy atom. The van der Waals surface area contributed by atoms with E-state index in [1.807, 2.05) is 0 Å². The van der Waals surface area contributed by atoms with Crippen molar-refractivity contribution in [3.05, 3.63) is 35.6 Å². The van der Waals surface area contributed by atoms with Crippen molar-refractivity contribution in [2.75, 3.05) is 13.1 Å². The van der Waals surface area contributed by atoms with Gasteiger partial charge >= 0.3 is 0 Å². The lowest BCUT2D eigenvalue weighted by atomic mass is 9.99. The molecule has 1 heterocycles. The average molecular weight is 280 g/mol. The zero-order valence-electron chi connectivity index (χ0n) is 11.8. The van der Waals surface area contributed by atoms with Crippen molar-refractivity contribution < 1.29 is 9.60 Å². The van der Waals surface area contributed by atoms with Crippen LogP contribution in [-0.4, -0.2) is 41.1 Å². The Kier molecular flexibility index (Phi) is 4.57. The Morgan fingerprint density at radius 3 is 2.70 bits per heavy atom. The standard InChI is InChI=1S/C14H21FN4O/c1-9-8-19(10(2)7-17-9)13(14(16)18-20)11-3-5-12(15)6-4-11/h3-6,9-10,13,17,20H,7-8H2,1-2H3,(H2,16,18)/t9-,10+,13?/m0/s1. The Balaban J connectivity index is 2.34. The van der Waals surface area contributed by atoms with Crippen LogP contribution >= 0.6 is 0 Å². The van der Waals surface area contributed by atoms with E-state index in [-0.39, 0.29) is 23.7 Å². The highest BCUT2D eigenvalue weighted by Crippen LogP contribution is 2.25. The lowest BCUT2D eigenvalue weighted by molar-refractivity contribution is 0.122. The molecule has 1 aliphatic heterocycles. The molecule has 0 radical (unpaired) electrons. The van der Waals surface area contributed by atoms with Gasteiger partial charge < -0.3 is 16.3 Å². The third kappa shape index (κ3) is 3.08. The zero-order chi connectivity index (χ0) is 14.7. The maximum absolute atomic E-state index is 13.1. The van der Waals surface area contributed by atoms with Gasteiger partial charge in [-0.15, -0.1) is 0 Å². The van der Waals surface area contributed by atoms with Gasteiger partial charge in [0, 0.05) is 25.2 Å². The van der Waals surface area contributed by atoms with Gasteiger partial charge in [-0.25, -0.2) is 4.39 Å². The van der Waals surface area contributed by atoms with Crippen molar-refractivity contribution in [1.82, 2.24) is 10.2 Å². The molecule has 2 rings (SSSR count). The highest BCUT2D eigenvalue weighted by atomic mass is 19.1. The van der Waals surface area contributed by atoms with Gasteiger partial charge in [-0.1, -0.05) is 17.3 Å². The summed E-state index contributed by atoms with van der Waals surface area (Å²) in [7, 11) is 0. The smallest absolute Gasteiger partial charge is 0.161 e. The molecule has 0 bridgehead atoms. The first-order valence-corrected chi connectivity index (χ1v) is 6.75. The van der Waals surface area contributed by atoms with Crippen molar-refractivity contribution in [2.24, 2.45) is 10.9 Å². The summed E-state index contributed by atoms with van der Waals surface area (Å²) in [4.78, 5) is 2.17. The van der Waals surface area contributed by atoms with Crippen molar-refractivity contribution in [2.45, 2.75) is 32.0 Å². The van der Waals surface area contributed by atoms with Crippen LogP contribution in [0.4, 0.5) is 4.39 Å². The molecule has 6 heteroatoms. The number of halogens is 1. The minimum Gasteiger partial charge on any atom is -0.409 e. The van der Waals surface area contributed by atoms with E-state index < -0.39 is 0 Å². The third-order valence-electron chi connectivity index (χ3n) is 3.73. The van der Waals surface area contributed by atoms with Crippen molar-refractivity contribution >= 4 is 5.84 Å². The average Bonchev–Trinajstić information content (AvgIpc) is 2.44. The molecule has 1 aromatic rings. The van der Waals surface area contributed by atoms with Gasteiger partial charge in [0.1, 0.15) is 5.82 Å². The van der Waals surface area contributed by atoms with Crippen LogP contribution in [0.2, 0.25) is 0 Å². The largest absolute Gasteiger partial charge is 0.409 e. The minimum absolute atomic E-state index is 0.123. The lowest BCUT2D eigenvalue weighted by Crippen LogP contribution is -2.57. The molecule has 1 fully saturated rings. The Labute approximate surface area is 118 Å². The number of benzene rings is 1. The number of hydrogen-bond donors (Lipinski definition) is 3. The maximum Gasteiger partial charge on any atom is 0.161 e. The normalized spacial score (nSPS) is 26.4. The topological polar surface area (TPSA) is 73.9 Å². The summed E-state index contributed by atoms with van der Waals surface area (Å²) in [5, 5.41) is 15.6. The molecular weight excluding hydrogens is 259 g/mol. The van der Waals surface area contributed by atoms with Gasteiger partial charge in [-0.2, -0.15) is 0 Å². The first kappa shape index (κ1) is 14.7. The van der Waals surface area contributed by atoms with Crippen LogP contribution in [0, 0.1) is 5.82 Å². The molecule has 5 nitrogen and oxygen atoms in total. The van der Waals surface area contributed by atoms with Gasteiger partial charge in [0.25, 0.3) is 0 Å². The van der Waals surface area contributed by atoms with E-state index in [1.165, 1.54) is 12.1 Å². The molecule has 0 saturated carbocycles. The number of hydrogen-bond acceptors (Lipinski definition) is 4. The quantitative estimate of drug-likeness (QED) is 0.338. The Hall–Kier alpha value is -1.66. The van der Waals surface area contributed by atoms with Crippen molar-refractivity contribution in [3.8, 4) is 0 Å². The zero-order valence-corrected chi connectivity index (χ0v) is 11.8. The summed E-state index contributed by atoms with van der Waals surface area (Å²) in [6, 6.07) is 6.35. The Bertz CT molecular complexity index is 477. The number of nitrogens with two attached hydrogens (primary N) is 1. The highest BCUT2D eigenvalue weighted by Gasteiger charge is 2.32. The first-order chi connectivity index (χ1) is 9.52. The first-order valence-electron chi connectivity index (χ1n) is 6.75. The predicted molar refractivity (Wildman–Crippen MR) is 76.2 cm³/mol. The summed E-state index contributed by atoms with van der Waals surface area (Å²) in [5.74, 6) is -0.175. The van der Waals surface area contributed by atoms with Crippen LogP contribution in [0.5, 0.6) is 0 Å². The van der Waals surface area contributed by atoms with Crippen LogP contribution < -0.4 is 11.1 Å². The van der Waals surface area contributed by atoms with E-state index in [2.05, 4.69) is 29.2 Å². The summed E-state index contributed by atoms with van der Waals surface area (Å²) in [6.45, 7) is 5.78. The summed E-state index contributed by atoms with van der Waals surface area (Å²) in [6.07, 6.45) is 0. The molecule has 0 aromatic heterocycles. The predicted octanol–water partition coefficient (Wildman–Crippen LogP) is 1.30. The van der Waals surface area contributed by atoms with Crippen LogP contribution in [0.3, 0.4) is 0 Å². The van der Waals surface area contributed by atoms with E-state index in [4.69, 9.17) is 10.9 Å². The molecule has 0 aliphatic carbocycles. The second-order valence-corrected chi connectivity index (χ2v) is 5.33. The highest BCUT2D eigenvalue weighted by molar-refractivity contribution is 5.86. The fourth-order valence-electron chi connectivity index (χ4n) is 2.64. The molecule has 20 heavy (non-hydrogen) atoms. The molecular formula is C14H21FN4O. The summed E-state index contributed by atoms with van der Waals surface area (Å²) >= 11 is 0. The second kappa shape index (κ2) is 6.19. The fraction of sp³-hybridized carbons (Fsp3) is 0.500. The van der Waals surface area contributed by atoms with Crippen molar-refractivity contribution in [3.63, 3.8) is 0 Å². The molecule has 1 aromatic carbocycles. The maximum atomic E-state index is 13.1. The van der Waals surface area contributed by atoms with E-state index in [9.17, 15) is 4.39 Å². The second-order valence-electron chi connectivity index (χ2n) is 5.33. The number of piperazine rings is 1. The molecule has 0 spiro atoms. The van der Waals surface area contributed by atoms with E-state index in [0.29, 0.717) is 6.04 Å². The number of nitrogens with zero attached hydrogens (tertiary/aromatic N) is 2. The fourth-order valence-corrected chi connectivity index (χ4v) is 2.64. The molecule has 1 unspecified atom stereocenters. The van der Waals surface area contributed by atoms with Crippen LogP contribution in [-0.2, 0) is 0 Å². The van der Waals surface area contributed by atoms with Gasteiger partial charge in [0.05, 0.1) is 6.04 Å². The molecule has 1 saturated heterocycles. The van der Waals surface area contributed by atoms with Gasteiger partial charge in [0.2, 0.25) is 0 Å². The number of oxime groups is 1. The molecule has 110 valence electrons. The van der Waals surface area contributed by atoms with Crippen LogP contribution in [0.1, 0.15) is 25.5 Å². The summed E-state index contributed by atoms with van der Waals surface area (Å²) < 4.78 is 13.1. The minimum atomic E-state index is -0.347. The van der Waals surface area contributed by atoms with Gasteiger partial charge in [0.15, 0.2) is 5.84 Å². The lowest BCUT2D eigenvalue weighted by Gasteiger charge is -2.42. The van der Waals surface area contributed by atoms with Crippen LogP contribution in [0.15, 0.2) is 29.4 Å². The van der Waals surface area contributed by atoms with Crippen molar-refractivity contribution in [1.29, 1.82) is 0 Å². The van der Waals surface area contributed by atoms with E-state index in [1.54, 1.807) is 12.1 Å². The van der Waals surface area contributed by atoms with Gasteiger partial charge in [-0.05, 0) is 31.5 Å². The molecule has 4 N–H and O–H groups in total. The molecule has 0 amide bonds. The van der Waals surface area contributed by atoms with E-state index >= 15 is 0 Å². The number of nitrogens with one attached hydrogen (secondary N) is 1. The molecule has 3 atom stereocenters. The van der Waals surface area contributed by atoms with E-state index in [0.717, 1.165) is 18.7 Å². The van der Waals surface area contributed by atoms with Crippen LogP contribution in [0.25, 0.3) is 0 Å². The SMILES string of the molecule is C[C@@H]1CN[C@@H](C)CN1C(/C(N)=N/O)c1ccc(F)cc1. The number of rotatable bonds is 3. The third-order valence-corrected chi connectivity index (χ3v) is 3.73. The monoisotopic (exact) mass is 280 g/mol. The molecule has 1 aliphatic rings. The number of amidine groups is 1.